The van der Waals surface area contributed by atoms with Gasteiger partial charge < -0.3 is 5.73 Å². The monoisotopic (exact) mass is 193 g/mol. The van der Waals surface area contributed by atoms with E-state index in [1.54, 1.807) is 11.8 Å². The third-order valence-corrected chi connectivity index (χ3v) is 3.73. The molecule has 2 atom stereocenters. The van der Waals surface area contributed by atoms with Crippen LogP contribution in [0.15, 0.2) is 29.2 Å². The van der Waals surface area contributed by atoms with Gasteiger partial charge in [-0.3, -0.25) is 0 Å². The van der Waals surface area contributed by atoms with E-state index in [1.165, 1.54) is 10.5 Å². The molecule has 1 fully saturated rings. The molecule has 2 rings (SSSR count). The van der Waals surface area contributed by atoms with Crippen LogP contribution < -0.4 is 5.73 Å². The van der Waals surface area contributed by atoms with Crippen molar-refractivity contribution in [3.63, 3.8) is 0 Å². The van der Waals surface area contributed by atoms with Crippen LogP contribution in [0.2, 0.25) is 0 Å². The molecular weight excluding hydrogens is 178 g/mol. The molecule has 1 aromatic carbocycles. The van der Waals surface area contributed by atoms with Crippen LogP contribution in [0.3, 0.4) is 0 Å². The van der Waals surface area contributed by atoms with Crippen LogP contribution >= 0.6 is 11.8 Å². The van der Waals surface area contributed by atoms with E-state index < -0.39 is 0 Å². The lowest BCUT2D eigenvalue weighted by atomic mass is 10.0. The number of nitrogens with two attached hydrogens (primary N) is 1. The number of thioether (sulfide) groups is 1. The molecule has 0 spiro atoms. The van der Waals surface area contributed by atoms with Crippen LogP contribution in [0, 0.1) is 5.92 Å². The molecule has 13 heavy (non-hydrogen) atoms. The van der Waals surface area contributed by atoms with Crippen LogP contribution in [0.1, 0.15) is 18.9 Å². The fourth-order valence-electron chi connectivity index (χ4n) is 1.75. The summed E-state index contributed by atoms with van der Waals surface area (Å²) in [6.45, 7) is 2.21. The van der Waals surface area contributed by atoms with Gasteiger partial charge in [-0.2, -0.15) is 0 Å². The summed E-state index contributed by atoms with van der Waals surface area (Å²) >= 11 is 1.77. The first-order valence-electron chi connectivity index (χ1n) is 4.60. The summed E-state index contributed by atoms with van der Waals surface area (Å²) in [6.07, 6.45) is 3.22. The topological polar surface area (TPSA) is 26.0 Å². The highest BCUT2D eigenvalue weighted by atomic mass is 32.2. The summed E-state index contributed by atoms with van der Waals surface area (Å²) in [6, 6.07) is 8.63. The van der Waals surface area contributed by atoms with Crippen molar-refractivity contribution in [1.29, 1.82) is 0 Å². The third-order valence-electron chi connectivity index (χ3n) is 2.99. The molecule has 1 saturated carbocycles. The summed E-state index contributed by atoms with van der Waals surface area (Å²) in [4.78, 5) is 1.31. The van der Waals surface area contributed by atoms with Crippen LogP contribution in [0.4, 0.5) is 0 Å². The van der Waals surface area contributed by atoms with Gasteiger partial charge in [0.25, 0.3) is 0 Å². The smallest absolute Gasteiger partial charge is 0.0439 e. The van der Waals surface area contributed by atoms with Gasteiger partial charge in [-0.05, 0) is 36.3 Å². The van der Waals surface area contributed by atoms with Crippen molar-refractivity contribution in [2.45, 2.75) is 23.8 Å². The largest absolute Gasteiger partial charge is 0.321 e. The second-order valence-corrected chi connectivity index (χ2v) is 4.75. The summed E-state index contributed by atoms with van der Waals surface area (Å²) in [5, 5.41) is 0. The van der Waals surface area contributed by atoms with Crippen molar-refractivity contribution >= 4 is 11.8 Å². The zero-order chi connectivity index (χ0) is 9.47. The molecule has 0 aliphatic heterocycles. The maximum absolute atomic E-state index is 6.20. The molecule has 1 aromatic rings. The minimum atomic E-state index is -0.0169. The average molecular weight is 193 g/mol. The maximum Gasteiger partial charge on any atom is 0.0439 e. The molecule has 2 heteroatoms. The van der Waals surface area contributed by atoms with Crippen molar-refractivity contribution in [3.8, 4) is 0 Å². The molecule has 70 valence electrons. The zero-order valence-corrected chi connectivity index (χ0v) is 8.90. The lowest BCUT2D eigenvalue weighted by Crippen LogP contribution is -2.21. The number of rotatable bonds is 2. The number of benzene rings is 1. The van der Waals surface area contributed by atoms with Gasteiger partial charge >= 0.3 is 0 Å². The molecule has 0 saturated heterocycles. The molecule has 0 aromatic heterocycles. The maximum atomic E-state index is 6.20. The minimum Gasteiger partial charge on any atom is -0.321 e. The first-order valence-corrected chi connectivity index (χ1v) is 5.82. The van der Waals surface area contributed by atoms with E-state index in [-0.39, 0.29) is 5.54 Å². The highest BCUT2D eigenvalue weighted by Gasteiger charge is 2.48. The Morgan fingerprint density at radius 3 is 2.31 bits per heavy atom. The van der Waals surface area contributed by atoms with Crippen molar-refractivity contribution in [3.05, 3.63) is 29.8 Å². The van der Waals surface area contributed by atoms with E-state index >= 15 is 0 Å². The van der Waals surface area contributed by atoms with E-state index in [1.807, 2.05) is 0 Å². The van der Waals surface area contributed by atoms with Crippen LogP contribution in [-0.2, 0) is 5.54 Å². The van der Waals surface area contributed by atoms with Gasteiger partial charge in [0.2, 0.25) is 0 Å². The number of hydrogen-bond donors (Lipinski definition) is 1. The molecule has 0 heterocycles. The first-order chi connectivity index (χ1) is 6.16. The minimum absolute atomic E-state index is 0.0169. The Morgan fingerprint density at radius 2 is 1.92 bits per heavy atom. The molecule has 2 N–H and O–H groups in total. The Balaban J connectivity index is 2.24. The predicted molar refractivity (Wildman–Crippen MR) is 57.9 cm³/mol. The fraction of sp³-hybridized carbons (Fsp3) is 0.455. The second kappa shape index (κ2) is 3.03. The molecule has 1 aliphatic carbocycles. The molecular formula is C11H15NS. The zero-order valence-electron chi connectivity index (χ0n) is 8.08. The quantitative estimate of drug-likeness (QED) is 0.731. The van der Waals surface area contributed by atoms with Gasteiger partial charge in [0.1, 0.15) is 0 Å². The van der Waals surface area contributed by atoms with Gasteiger partial charge in [-0.25, -0.2) is 0 Å². The highest BCUT2D eigenvalue weighted by molar-refractivity contribution is 7.98. The summed E-state index contributed by atoms with van der Waals surface area (Å²) in [5.74, 6) is 0.646. The summed E-state index contributed by atoms with van der Waals surface area (Å²) < 4.78 is 0. The Labute approximate surface area is 83.7 Å². The highest BCUT2D eigenvalue weighted by Crippen LogP contribution is 2.49. The Bertz CT molecular complexity index is 306. The standard InChI is InChI=1S/C11H15NS/c1-8-7-11(8,12)9-3-5-10(13-2)6-4-9/h3-6,8H,7,12H2,1-2H3. The second-order valence-electron chi connectivity index (χ2n) is 3.87. The Morgan fingerprint density at radius 1 is 1.38 bits per heavy atom. The molecule has 0 bridgehead atoms. The van der Waals surface area contributed by atoms with Gasteiger partial charge in [0.05, 0.1) is 0 Å². The van der Waals surface area contributed by atoms with Crippen molar-refractivity contribution in [2.24, 2.45) is 11.7 Å². The first kappa shape index (κ1) is 9.10. The van der Waals surface area contributed by atoms with E-state index in [2.05, 4.69) is 37.4 Å². The van der Waals surface area contributed by atoms with Gasteiger partial charge in [0.15, 0.2) is 0 Å². The Kier molecular flexibility index (Phi) is 2.12. The van der Waals surface area contributed by atoms with Crippen LogP contribution in [-0.4, -0.2) is 6.26 Å². The van der Waals surface area contributed by atoms with Gasteiger partial charge in [0, 0.05) is 10.4 Å². The van der Waals surface area contributed by atoms with E-state index in [4.69, 9.17) is 5.73 Å². The molecule has 0 amide bonds. The van der Waals surface area contributed by atoms with Crippen LogP contribution in [0.25, 0.3) is 0 Å². The normalized spacial score (nSPS) is 31.8. The molecule has 1 nitrogen and oxygen atoms in total. The van der Waals surface area contributed by atoms with Crippen LogP contribution in [0.5, 0.6) is 0 Å². The van der Waals surface area contributed by atoms with Gasteiger partial charge in [-0.15, -0.1) is 11.8 Å². The number of hydrogen-bond acceptors (Lipinski definition) is 2. The van der Waals surface area contributed by atoms with Crippen molar-refractivity contribution in [2.75, 3.05) is 6.26 Å². The SMILES string of the molecule is CSc1ccc(C2(N)CC2C)cc1. The van der Waals surface area contributed by atoms with E-state index in [9.17, 15) is 0 Å². The molecule has 2 unspecified atom stereocenters. The molecule has 0 radical (unpaired) electrons. The lowest BCUT2D eigenvalue weighted by molar-refractivity contribution is 0.664. The Hall–Kier alpha value is -0.470. The van der Waals surface area contributed by atoms with E-state index in [0.717, 1.165) is 6.42 Å². The van der Waals surface area contributed by atoms with Crippen molar-refractivity contribution in [1.82, 2.24) is 0 Å². The van der Waals surface area contributed by atoms with E-state index in [0.29, 0.717) is 5.92 Å². The summed E-state index contributed by atoms with van der Waals surface area (Å²) in [5.41, 5.74) is 7.47. The van der Waals surface area contributed by atoms with Gasteiger partial charge in [-0.1, -0.05) is 19.1 Å². The fourth-order valence-corrected chi connectivity index (χ4v) is 2.16. The lowest BCUT2D eigenvalue weighted by Gasteiger charge is -2.10. The average Bonchev–Trinajstić information content (AvgIpc) is 2.76. The molecule has 1 aliphatic rings. The summed E-state index contributed by atoms with van der Waals surface area (Å²) in [7, 11) is 0. The third kappa shape index (κ3) is 1.49. The predicted octanol–water partition coefficient (Wildman–Crippen LogP) is 2.60. The van der Waals surface area contributed by atoms with Crippen molar-refractivity contribution < 1.29 is 0 Å².